The third-order valence-corrected chi connectivity index (χ3v) is 4.08. The Bertz CT molecular complexity index is 521. The number of hydrogen-bond acceptors (Lipinski definition) is 4. The molecule has 1 amide bonds. The Morgan fingerprint density at radius 1 is 1.35 bits per heavy atom. The molecule has 0 aliphatic heterocycles. The number of nitrogens with zero attached hydrogens (tertiary/aromatic N) is 1. The highest BCUT2D eigenvalue weighted by Crippen LogP contribution is 2.22. The summed E-state index contributed by atoms with van der Waals surface area (Å²) >= 11 is 1.71. The highest BCUT2D eigenvalue weighted by atomic mass is 32.1. The molecular weight excluding hydrogens is 272 g/mol. The summed E-state index contributed by atoms with van der Waals surface area (Å²) in [6.45, 7) is 1.37. The van der Waals surface area contributed by atoms with Crippen LogP contribution >= 0.6 is 11.3 Å². The number of thiazole rings is 1. The number of amides is 1. The zero-order chi connectivity index (χ0) is 14.2. The number of ether oxygens (including phenoxy) is 1. The third kappa shape index (κ3) is 4.58. The van der Waals surface area contributed by atoms with Crippen LogP contribution in [0.2, 0.25) is 0 Å². The summed E-state index contributed by atoms with van der Waals surface area (Å²) < 4.78 is 6.15. The molecule has 4 nitrogen and oxygen atoms in total. The molecule has 0 radical (unpaired) electrons. The first-order valence-electron chi connectivity index (χ1n) is 6.89. The number of aromatic nitrogens is 1. The van der Waals surface area contributed by atoms with Gasteiger partial charge in [0.2, 0.25) is 5.91 Å². The fourth-order valence-electron chi connectivity index (χ4n) is 1.96. The summed E-state index contributed by atoms with van der Waals surface area (Å²) in [5, 5.41) is 4.00. The average molecular weight is 292 g/mol. The van der Waals surface area contributed by atoms with Gasteiger partial charge in [0.1, 0.15) is 0 Å². The van der Waals surface area contributed by atoms with Gasteiger partial charge in [-0.3, -0.25) is 4.79 Å². The zero-order valence-corrected chi connectivity index (χ0v) is 12.5. The molecule has 20 heavy (non-hydrogen) atoms. The van der Waals surface area contributed by atoms with Crippen molar-refractivity contribution in [2.75, 3.05) is 20.3 Å². The summed E-state index contributed by atoms with van der Waals surface area (Å²) in [7, 11) is 1.67. The van der Waals surface area contributed by atoms with Crippen LogP contribution in [0.1, 0.15) is 24.3 Å². The quantitative estimate of drug-likeness (QED) is 0.761. The van der Waals surface area contributed by atoms with Crippen LogP contribution < -0.4 is 5.32 Å². The lowest BCUT2D eigenvalue weighted by atomic mass is 10.2. The SMILES string of the molecule is COCCCNC(=O)CCCc1nc2ccccc2s1. The maximum absolute atomic E-state index is 11.6. The van der Waals surface area contributed by atoms with E-state index in [9.17, 15) is 4.79 Å². The monoisotopic (exact) mass is 292 g/mol. The van der Waals surface area contributed by atoms with Gasteiger partial charge in [0, 0.05) is 26.7 Å². The van der Waals surface area contributed by atoms with E-state index in [0.717, 1.165) is 29.8 Å². The first kappa shape index (κ1) is 14.9. The van der Waals surface area contributed by atoms with Crippen molar-refractivity contribution in [1.29, 1.82) is 0 Å². The van der Waals surface area contributed by atoms with Crippen molar-refractivity contribution < 1.29 is 9.53 Å². The maximum atomic E-state index is 11.6. The highest BCUT2D eigenvalue weighted by molar-refractivity contribution is 7.18. The number of carbonyl (C=O) groups is 1. The first-order chi connectivity index (χ1) is 9.79. The van der Waals surface area contributed by atoms with Crippen LogP contribution in [0.5, 0.6) is 0 Å². The van der Waals surface area contributed by atoms with Crippen molar-refractivity contribution in [2.24, 2.45) is 0 Å². The van der Waals surface area contributed by atoms with Gasteiger partial charge in [0.15, 0.2) is 0 Å². The normalized spacial score (nSPS) is 10.8. The lowest BCUT2D eigenvalue weighted by Crippen LogP contribution is -2.24. The lowest BCUT2D eigenvalue weighted by molar-refractivity contribution is -0.121. The number of carbonyl (C=O) groups excluding carboxylic acids is 1. The minimum atomic E-state index is 0.113. The molecule has 0 aliphatic rings. The van der Waals surface area contributed by atoms with Gasteiger partial charge in [0.05, 0.1) is 15.2 Å². The van der Waals surface area contributed by atoms with E-state index in [4.69, 9.17) is 4.74 Å². The van der Waals surface area contributed by atoms with Gasteiger partial charge in [-0.1, -0.05) is 12.1 Å². The Labute approximate surface area is 123 Å². The van der Waals surface area contributed by atoms with E-state index in [1.54, 1.807) is 18.4 Å². The van der Waals surface area contributed by atoms with E-state index in [-0.39, 0.29) is 5.91 Å². The molecule has 1 aromatic carbocycles. The van der Waals surface area contributed by atoms with Crippen LogP contribution in [0.25, 0.3) is 10.2 Å². The minimum absolute atomic E-state index is 0.113. The standard InChI is InChI=1S/C15H20N2O2S/c1-19-11-5-10-16-14(18)8-4-9-15-17-12-6-2-3-7-13(12)20-15/h2-3,6-7H,4-5,8-11H2,1H3,(H,16,18). The molecule has 1 heterocycles. The highest BCUT2D eigenvalue weighted by Gasteiger charge is 2.05. The van der Waals surface area contributed by atoms with Gasteiger partial charge in [-0.2, -0.15) is 0 Å². The fourth-order valence-corrected chi connectivity index (χ4v) is 2.97. The Morgan fingerprint density at radius 3 is 3.00 bits per heavy atom. The zero-order valence-electron chi connectivity index (χ0n) is 11.7. The second-order valence-corrected chi connectivity index (χ2v) is 5.74. The molecule has 1 aromatic heterocycles. The van der Waals surface area contributed by atoms with Crippen LogP contribution in [0.15, 0.2) is 24.3 Å². The smallest absolute Gasteiger partial charge is 0.220 e. The van der Waals surface area contributed by atoms with Crippen molar-refractivity contribution in [2.45, 2.75) is 25.7 Å². The average Bonchev–Trinajstić information content (AvgIpc) is 2.86. The second-order valence-electron chi connectivity index (χ2n) is 4.63. The molecule has 0 saturated carbocycles. The number of hydrogen-bond donors (Lipinski definition) is 1. The molecule has 108 valence electrons. The lowest BCUT2D eigenvalue weighted by Gasteiger charge is -2.03. The minimum Gasteiger partial charge on any atom is -0.385 e. The summed E-state index contributed by atoms with van der Waals surface area (Å²) in [6.07, 6.45) is 3.13. The second kappa shape index (κ2) is 7.97. The molecule has 0 unspecified atom stereocenters. The van der Waals surface area contributed by atoms with Crippen LogP contribution in [0.4, 0.5) is 0 Å². The molecule has 0 atom stereocenters. The van der Waals surface area contributed by atoms with Gasteiger partial charge in [-0.15, -0.1) is 11.3 Å². The van der Waals surface area contributed by atoms with Gasteiger partial charge >= 0.3 is 0 Å². The molecule has 2 aromatic rings. The van der Waals surface area contributed by atoms with E-state index in [0.29, 0.717) is 19.6 Å². The predicted octanol–water partition coefficient (Wildman–Crippen LogP) is 2.77. The van der Waals surface area contributed by atoms with E-state index >= 15 is 0 Å². The maximum Gasteiger partial charge on any atom is 0.220 e. The van der Waals surface area contributed by atoms with Gasteiger partial charge in [0.25, 0.3) is 0 Å². The van der Waals surface area contributed by atoms with Crippen molar-refractivity contribution in [3.8, 4) is 0 Å². The topological polar surface area (TPSA) is 51.2 Å². The number of nitrogens with one attached hydrogen (secondary N) is 1. The molecule has 0 saturated heterocycles. The Kier molecular flexibility index (Phi) is 5.95. The van der Waals surface area contributed by atoms with Gasteiger partial charge < -0.3 is 10.1 Å². The molecule has 5 heteroatoms. The van der Waals surface area contributed by atoms with Crippen LogP contribution in [0.3, 0.4) is 0 Å². The van der Waals surface area contributed by atoms with Crippen molar-refractivity contribution in [3.63, 3.8) is 0 Å². The molecule has 0 spiro atoms. The summed E-state index contributed by atoms with van der Waals surface area (Å²) in [5.74, 6) is 0.113. The number of para-hydroxylation sites is 1. The molecule has 1 N–H and O–H groups in total. The summed E-state index contributed by atoms with van der Waals surface area (Å²) in [5.41, 5.74) is 1.05. The van der Waals surface area contributed by atoms with E-state index in [1.165, 1.54) is 4.70 Å². The molecule has 0 bridgehead atoms. The fraction of sp³-hybridized carbons (Fsp3) is 0.467. The summed E-state index contributed by atoms with van der Waals surface area (Å²) in [4.78, 5) is 16.2. The van der Waals surface area contributed by atoms with Crippen LogP contribution in [0, 0.1) is 0 Å². The molecule has 0 fully saturated rings. The van der Waals surface area contributed by atoms with Crippen molar-refractivity contribution in [1.82, 2.24) is 10.3 Å². The number of methoxy groups -OCH3 is 1. The molecule has 2 rings (SSSR count). The number of fused-ring (bicyclic) bond motifs is 1. The predicted molar refractivity (Wildman–Crippen MR) is 82.1 cm³/mol. The molecular formula is C15H20N2O2S. The van der Waals surface area contributed by atoms with Crippen molar-refractivity contribution in [3.05, 3.63) is 29.3 Å². The Morgan fingerprint density at radius 2 is 2.20 bits per heavy atom. The number of aryl methyl sites for hydroxylation is 1. The Hall–Kier alpha value is -1.46. The third-order valence-electron chi connectivity index (χ3n) is 2.98. The largest absolute Gasteiger partial charge is 0.385 e. The van der Waals surface area contributed by atoms with E-state index in [1.807, 2.05) is 18.2 Å². The number of benzene rings is 1. The van der Waals surface area contributed by atoms with Gasteiger partial charge in [-0.25, -0.2) is 4.98 Å². The van der Waals surface area contributed by atoms with Crippen molar-refractivity contribution >= 4 is 27.5 Å². The Balaban J connectivity index is 1.68. The molecule has 0 aliphatic carbocycles. The van der Waals surface area contributed by atoms with E-state index in [2.05, 4.69) is 16.4 Å². The van der Waals surface area contributed by atoms with Crippen LogP contribution in [-0.2, 0) is 16.0 Å². The van der Waals surface area contributed by atoms with E-state index < -0.39 is 0 Å². The van der Waals surface area contributed by atoms with Crippen LogP contribution in [-0.4, -0.2) is 31.2 Å². The summed E-state index contributed by atoms with van der Waals surface area (Å²) in [6, 6.07) is 8.13. The van der Waals surface area contributed by atoms with Gasteiger partial charge in [-0.05, 0) is 31.4 Å². The first-order valence-corrected chi connectivity index (χ1v) is 7.71. The number of rotatable bonds is 8.